The summed E-state index contributed by atoms with van der Waals surface area (Å²) >= 11 is 1.79. The third kappa shape index (κ3) is 2.49. The van der Waals surface area contributed by atoms with Crippen LogP contribution in [-0.2, 0) is 19.4 Å². The van der Waals surface area contributed by atoms with E-state index >= 15 is 0 Å². The zero-order valence-corrected chi connectivity index (χ0v) is 12.2. The number of rotatable bonds is 3. The molecule has 0 atom stereocenters. The van der Waals surface area contributed by atoms with E-state index in [4.69, 9.17) is 5.73 Å². The van der Waals surface area contributed by atoms with Crippen molar-refractivity contribution in [2.24, 2.45) is 5.73 Å². The smallest absolute Gasteiger partial charge is 0.254 e. The Labute approximate surface area is 123 Å². The number of hydrogen-bond donors (Lipinski definition) is 1. The fraction of sp³-hybridized carbons (Fsp3) is 0.312. The van der Waals surface area contributed by atoms with Crippen LogP contribution in [0.2, 0.25) is 0 Å². The highest BCUT2D eigenvalue weighted by Crippen LogP contribution is 2.25. The lowest BCUT2D eigenvalue weighted by Gasteiger charge is -2.27. The summed E-state index contributed by atoms with van der Waals surface area (Å²) in [6.45, 7) is 2.11. The highest BCUT2D eigenvalue weighted by atomic mass is 32.1. The SMILES string of the molecule is NCCc1ccccc1C(=O)N1CCc2sccc2C1. The van der Waals surface area contributed by atoms with Crippen LogP contribution in [-0.4, -0.2) is 23.9 Å². The van der Waals surface area contributed by atoms with Crippen molar-refractivity contribution in [1.82, 2.24) is 4.90 Å². The van der Waals surface area contributed by atoms with Gasteiger partial charge in [0.05, 0.1) is 0 Å². The highest BCUT2D eigenvalue weighted by molar-refractivity contribution is 7.10. The average molecular weight is 286 g/mol. The van der Waals surface area contributed by atoms with Gasteiger partial charge in [-0.25, -0.2) is 0 Å². The van der Waals surface area contributed by atoms with Crippen molar-refractivity contribution in [3.63, 3.8) is 0 Å². The fourth-order valence-corrected chi connectivity index (χ4v) is 3.58. The molecule has 0 saturated carbocycles. The monoisotopic (exact) mass is 286 g/mol. The normalized spacial score (nSPS) is 14.2. The Bertz CT molecular complexity index is 620. The molecule has 2 N–H and O–H groups in total. The van der Waals surface area contributed by atoms with Gasteiger partial charge in [-0.2, -0.15) is 0 Å². The lowest BCUT2D eigenvalue weighted by atomic mass is 10.0. The van der Waals surface area contributed by atoms with Crippen LogP contribution in [0.25, 0.3) is 0 Å². The number of carbonyl (C=O) groups is 1. The van der Waals surface area contributed by atoms with Gasteiger partial charge in [-0.1, -0.05) is 18.2 Å². The van der Waals surface area contributed by atoms with E-state index in [1.54, 1.807) is 11.3 Å². The van der Waals surface area contributed by atoms with Crippen molar-refractivity contribution in [2.75, 3.05) is 13.1 Å². The van der Waals surface area contributed by atoms with Gasteiger partial charge in [-0.15, -0.1) is 11.3 Å². The number of nitrogens with two attached hydrogens (primary N) is 1. The van der Waals surface area contributed by atoms with E-state index in [1.165, 1.54) is 10.4 Å². The van der Waals surface area contributed by atoms with Gasteiger partial charge >= 0.3 is 0 Å². The molecule has 20 heavy (non-hydrogen) atoms. The molecular weight excluding hydrogens is 268 g/mol. The molecule has 3 nitrogen and oxygen atoms in total. The maximum atomic E-state index is 12.7. The molecule has 4 heteroatoms. The molecule has 104 valence electrons. The zero-order chi connectivity index (χ0) is 13.9. The molecule has 1 aliphatic rings. The van der Waals surface area contributed by atoms with Gasteiger partial charge in [0.25, 0.3) is 5.91 Å². The van der Waals surface area contributed by atoms with E-state index in [0.29, 0.717) is 6.54 Å². The van der Waals surface area contributed by atoms with E-state index in [0.717, 1.165) is 37.1 Å². The molecule has 1 aromatic carbocycles. The second-order valence-corrected chi connectivity index (χ2v) is 6.04. The Morgan fingerprint density at radius 1 is 1.30 bits per heavy atom. The van der Waals surface area contributed by atoms with E-state index in [1.807, 2.05) is 29.2 Å². The van der Waals surface area contributed by atoms with Crippen molar-refractivity contribution in [2.45, 2.75) is 19.4 Å². The summed E-state index contributed by atoms with van der Waals surface area (Å²) in [6.07, 6.45) is 1.72. The predicted octanol–water partition coefficient (Wildman–Crippen LogP) is 2.45. The molecule has 1 amide bonds. The standard InChI is InChI=1S/C16H18N2OS/c17-8-5-12-3-1-2-4-14(12)16(19)18-9-6-15-13(11-18)7-10-20-15/h1-4,7,10H,5-6,8-9,11,17H2. The zero-order valence-electron chi connectivity index (χ0n) is 11.3. The molecule has 0 saturated heterocycles. The largest absolute Gasteiger partial charge is 0.334 e. The Morgan fingerprint density at radius 3 is 3.00 bits per heavy atom. The van der Waals surface area contributed by atoms with Crippen molar-refractivity contribution in [3.05, 3.63) is 57.3 Å². The lowest BCUT2D eigenvalue weighted by molar-refractivity contribution is 0.0735. The molecule has 1 aromatic heterocycles. The van der Waals surface area contributed by atoms with Gasteiger partial charge < -0.3 is 10.6 Å². The summed E-state index contributed by atoms with van der Waals surface area (Å²) in [4.78, 5) is 16.1. The van der Waals surface area contributed by atoms with Crippen molar-refractivity contribution < 1.29 is 4.79 Å². The number of hydrogen-bond acceptors (Lipinski definition) is 3. The van der Waals surface area contributed by atoms with Gasteiger partial charge in [-0.3, -0.25) is 4.79 Å². The van der Waals surface area contributed by atoms with Crippen LogP contribution < -0.4 is 5.73 Å². The molecule has 0 fully saturated rings. The molecule has 0 radical (unpaired) electrons. The first-order chi connectivity index (χ1) is 9.79. The summed E-state index contributed by atoms with van der Waals surface area (Å²) in [7, 11) is 0. The molecule has 0 aliphatic carbocycles. The summed E-state index contributed by atoms with van der Waals surface area (Å²) in [5.74, 6) is 0.130. The second kappa shape index (κ2) is 5.77. The minimum absolute atomic E-state index is 0.130. The molecular formula is C16H18N2OS. The van der Waals surface area contributed by atoms with E-state index < -0.39 is 0 Å². The molecule has 3 rings (SSSR count). The van der Waals surface area contributed by atoms with Gasteiger partial charge in [0.1, 0.15) is 0 Å². The van der Waals surface area contributed by atoms with Crippen LogP contribution in [0, 0.1) is 0 Å². The highest BCUT2D eigenvalue weighted by Gasteiger charge is 2.23. The Hall–Kier alpha value is -1.65. The Balaban J connectivity index is 1.83. The van der Waals surface area contributed by atoms with Crippen LogP contribution in [0.15, 0.2) is 35.7 Å². The first kappa shape index (κ1) is 13.3. The minimum Gasteiger partial charge on any atom is -0.334 e. The van der Waals surface area contributed by atoms with E-state index in [9.17, 15) is 4.79 Å². The summed E-state index contributed by atoms with van der Waals surface area (Å²) in [5, 5.41) is 2.11. The van der Waals surface area contributed by atoms with Gasteiger partial charge in [0.15, 0.2) is 0 Å². The summed E-state index contributed by atoms with van der Waals surface area (Å²) in [5.41, 5.74) is 8.79. The molecule has 0 spiro atoms. The van der Waals surface area contributed by atoms with Crippen LogP contribution in [0.1, 0.15) is 26.4 Å². The van der Waals surface area contributed by atoms with Crippen LogP contribution in [0.4, 0.5) is 0 Å². The van der Waals surface area contributed by atoms with E-state index in [-0.39, 0.29) is 5.91 Å². The molecule has 2 aromatic rings. The second-order valence-electron chi connectivity index (χ2n) is 5.04. The number of fused-ring (bicyclic) bond motifs is 1. The van der Waals surface area contributed by atoms with Gasteiger partial charge in [-0.05, 0) is 48.0 Å². The topological polar surface area (TPSA) is 46.3 Å². The Kier molecular flexibility index (Phi) is 3.85. The summed E-state index contributed by atoms with van der Waals surface area (Å²) < 4.78 is 0. The molecule has 0 bridgehead atoms. The quantitative estimate of drug-likeness (QED) is 0.942. The Morgan fingerprint density at radius 2 is 2.15 bits per heavy atom. The summed E-state index contributed by atoms with van der Waals surface area (Å²) in [6, 6.07) is 9.93. The number of nitrogens with zero attached hydrogens (tertiary/aromatic N) is 1. The van der Waals surface area contributed by atoms with E-state index in [2.05, 4.69) is 11.4 Å². The van der Waals surface area contributed by atoms with Crippen molar-refractivity contribution >= 4 is 17.2 Å². The molecule has 2 heterocycles. The molecule has 1 aliphatic heterocycles. The maximum Gasteiger partial charge on any atom is 0.254 e. The van der Waals surface area contributed by atoms with Crippen LogP contribution in [0.3, 0.4) is 0 Å². The number of benzene rings is 1. The number of carbonyl (C=O) groups excluding carboxylic acids is 1. The predicted molar refractivity (Wildman–Crippen MR) is 82.0 cm³/mol. The number of thiophene rings is 1. The van der Waals surface area contributed by atoms with Crippen LogP contribution >= 0.6 is 11.3 Å². The third-order valence-electron chi connectivity index (χ3n) is 3.76. The minimum atomic E-state index is 0.130. The average Bonchev–Trinajstić information content (AvgIpc) is 2.95. The first-order valence-electron chi connectivity index (χ1n) is 6.92. The fourth-order valence-electron chi connectivity index (χ4n) is 2.69. The maximum absolute atomic E-state index is 12.7. The van der Waals surface area contributed by atoms with Gasteiger partial charge in [0.2, 0.25) is 0 Å². The first-order valence-corrected chi connectivity index (χ1v) is 7.80. The van der Waals surface area contributed by atoms with Crippen molar-refractivity contribution in [1.29, 1.82) is 0 Å². The third-order valence-corrected chi connectivity index (χ3v) is 4.78. The lowest BCUT2D eigenvalue weighted by Crippen LogP contribution is -2.35. The van der Waals surface area contributed by atoms with Gasteiger partial charge in [0, 0.05) is 23.5 Å². The number of amides is 1. The van der Waals surface area contributed by atoms with Crippen LogP contribution in [0.5, 0.6) is 0 Å². The van der Waals surface area contributed by atoms with Crippen molar-refractivity contribution in [3.8, 4) is 0 Å². The molecule has 0 unspecified atom stereocenters.